The van der Waals surface area contributed by atoms with Gasteiger partial charge in [0.05, 0.1) is 5.69 Å². The Morgan fingerprint density at radius 1 is 1.20 bits per heavy atom. The van der Waals surface area contributed by atoms with Crippen molar-refractivity contribution in [1.82, 2.24) is 9.55 Å². The fourth-order valence-corrected chi connectivity index (χ4v) is 2.18. The molecule has 3 rings (SSSR count). The van der Waals surface area contributed by atoms with Crippen LogP contribution in [-0.4, -0.2) is 15.5 Å². The standard InChI is InChI=1S/C16H14N2O2/c1-18-14-8-3-2-6-12(14)10-15(18)16(19)20-11-13-7-4-5-9-17-13/h2-10H,11H2,1H3. The number of esters is 1. The molecule has 0 aliphatic heterocycles. The molecule has 4 nitrogen and oxygen atoms in total. The highest BCUT2D eigenvalue weighted by atomic mass is 16.5. The van der Waals surface area contributed by atoms with Crippen LogP contribution in [0.4, 0.5) is 0 Å². The summed E-state index contributed by atoms with van der Waals surface area (Å²) >= 11 is 0. The van der Waals surface area contributed by atoms with E-state index in [1.165, 1.54) is 0 Å². The molecule has 0 bridgehead atoms. The van der Waals surface area contributed by atoms with E-state index < -0.39 is 0 Å². The van der Waals surface area contributed by atoms with Crippen LogP contribution in [0.2, 0.25) is 0 Å². The normalized spacial score (nSPS) is 10.7. The number of aromatic nitrogens is 2. The average Bonchev–Trinajstić information content (AvgIpc) is 2.84. The Morgan fingerprint density at radius 2 is 2.00 bits per heavy atom. The highest BCUT2D eigenvalue weighted by Crippen LogP contribution is 2.19. The predicted octanol–water partition coefficient (Wildman–Crippen LogP) is 2.93. The molecular weight excluding hydrogens is 252 g/mol. The third-order valence-electron chi connectivity index (χ3n) is 3.24. The van der Waals surface area contributed by atoms with Crippen molar-refractivity contribution in [1.29, 1.82) is 0 Å². The summed E-state index contributed by atoms with van der Waals surface area (Å²) in [6.07, 6.45) is 1.68. The Hall–Kier alpha value is -2.62. The Kier molecular flexibility index (Phi) is 3.21. The van der Waals surface area contributed by atoms with Crippen LogP contribution in [0.25, 0.3) is 10.9 Å². The van der Waals surface area contributed by atoms with Gasteiger partial charge in [-0.3, -0.25) is 4.98 Å². The molecule has 20 heavy (non-hydrogen) atoms. The number of pyridine rings is 1. The number of rotatable bonds is 3. The van der Waals surface area contributed by atoms with E-state index in [1.807, 2.05) is 60.1 Å². The van der Waals surface area contributed by atoms with Crippen LogP contribution >= 0.6 is 0 Å². The van der Waals surface area contributed by atoms with Crippen LogP contribution in [0, 0.1) is 0 Å². The van der Waals surface area contributed by atoms with Crippen LogP contribution in [0.5, 0.6) is 0 Å². The molecule has 0 fully saturated rings. The largest absolute Gasteiger partial charge is 0.455 e. The van der Waals surface area contributed by atoms with Gasteiger partial charge in [0.25, 0.3) is 0 Å². The topological polar surface area (TPSA) is 44.1 Å². The van der Waals surface area contributed by atoms with Crippen molar-refractivity contribution in [3.05, 3.63) is 66.1 Å². The Bertz CT molecular complexity index is 748. The second kappa shape index (κ2) is 5.17. The molecule has 2 aromatic heterocycles. The van der Waals surface area contributed by atoms with Crippen LogP contribution in [0.1, 0.15) is 16.2 Å². The van der Waals surface area contributed by atoms with Crippen LogP contribution in [0.15, 0.2) is 54.7 Å². The average molecular weight is 266 g/mol. The second-order valence-electron chi connectivity index (χ2n) is 4.54. The van der Waals surface area contributed by atoms with Gasteiger partial charge >= 0.3 is 5.97 Å². The summed E-state index contributed by atoms with van der Waals surface area (Å²) in [5, 5.41) is 1.03. The lowest BCUT2D eigenvalue weighted by molar-refractivity contribution is 0.0457. The van der Waals surface area contributed by atoms with Gasteiger partial charge in [-0.05, 0) is 24.3 Å². The summed E-state index contributed by atoms with van der Waals surface area (Å²) in [6.45, 7) is 0.182. The summed E-state index contributed by atoms with van der Waals surface area (Å²) in [4.78, 5) is 16.3. The minimum absolute atomic E-state index is 0.182. The fraction of sp³-hybridized carbons (Fsp3) is 0.125. The van der Waals surface area contributed by atoms with Gasteiger partial charge in [0.1, 0.15) is 12.3 Å². The number of para-hydroxylation sites is 1. The summed E-state index contributed by atoms with van der Waals surface area (Å²) in [5.41, 5.74) is 2.29. The van der Waals surface area contributed by atoms with E-state index in [1.54, 1.807) is 6.20 Å². The van der Waals surface area contributed by atoms with Gasteiger partial charge in [-0.2, -0.15) is 0 Å². The Morgan fingerprint density at radius 3 is 2.75 bits per heavy atom. The molecule has 0 N–H and O–H groups in total. The van der Waals surface area contributed by atoms with E-state index in [9.17, 15) is 4.79 Å². The minimum atomic E-state index is -0.339. The summed E-state index contributed by atoms with van der Waals surface area (Å²) < 4.78 is 7.15. The number of hydrogen-bond donors (Lipinski definition) is 0. The van der Waals surface area contributed by atoms with Crippen LogP contribution < -0.4 is 0 Å². The van der Waals surface area contributed by atoms with E-state index in [0.29, 0.717) is 5.69 Å². The summed E-state index contributed by atoms with van der Waals surface area (Å²) in [6, 6.07) is 15.2. The maximum Gasteiger partial charge on any atom is 0.355 e. The SMILES string of the molecule is Cn1c(C(=O)OCc2ccccn2)cc2ccccc21. The van der Waals surface area contributed by atoms with Crippen molar-refractivity contribution in [2.24, 2.45) is 7.05 Å². The number of ether oxygens (including phenoxy) is 1. The summed E-state index contributed by atoms with van der Waals surface area (Å²) in [5.74, 6) is -0.339. The molecule has 0 spiro atoms. The smallest absolute Gasteiger partial charge is 0.355 e. The van der Waals surface area contributed by atoms with Crippen LogP contribution in [-0.2, 0) is 18.4 Å². The van der Waals surface area contributed by atoms with Crippen molar-refractivity contribution < 1.29 is 9.53 Å². The van der Waals surface area contributed by atoms with E-state index in [2.05, 4.69) is 4.98 Å². The zero-order valence-electron chi connectivity index (χ0n) is 11.1. The maximum atomic E-state index is 12.1. The molecule has 0 aliphatic carbocycles. The first-order chi connectivity index (χ1) is 9.75. The molecular formula is C16H14N2O2. The molecule has 0 saturated carbocycles. The molecule has 0 radical (unpaired) electrons. The summed E-state index contributed by atoms with van der Waals surface area (Å²) in [7, 11) is 1.86. The second-order valence-corrected chi connectivity index (χ2v) is 4.54. The van der Waals surface area contributed by atoms with Gasteiger partial charge in [-0.1, -0.05) is 24.3 Å². The van der Waals surface area contributed by atoms with E-state index in [4.69, 9.17) is 4.74 Å². The highest BCUT2D eigenvalue weighted by molar-refractivity contribution is 5.95. The molecule has 2 heterocycles. The molecule has 0 amide bonds. The van der Waals surface area contributed by atoms with Crippen LogP contribution in [0.3, 0.4) is 0 Å². The number of fused-ring (bicyclic) bond motifs is 1. The molecule has 0 aliphatic rings. The zero-order chi connectivity index (χ0) is 13.9. The highest BCUT2D eigenvalue weighted by Gasteiger charge is 2.14. The Balaban J connectivity index is 1.81. The fourth-order valence-electron chi connectivity index (χ4n) is 2.18. The lowest BCUT2D eigenvalue weighted by Crippen LogP contribution is -2.10. The van der Waals surface area contributed by atoms with E-state index in [0.717, 1.165) is 16.6 Å². The number of carbonyl (C=O) groups is 1. The Labute approximate surface area is 116 Å². The lowest BCUT2D eigenvalue weighted by Gasteiger charge is -2.05. The van der Waals surface area contributed by atoms with E-state index >= 15 is 0 Å². The molecule has 4 heteroatoms. The van der Waals surface area contributed by atoms with Crippen molar-refractivity contribution >= 4 is 16.9 Å². The van der Waals surface area contributed by atoms with Crippen molar-refractivity contribution in [2.75, 3.05) is 0 Å². The molecule has 0 unspecified atom stereocenters. The molecule has 1 aromatic carbocycles. The first-order valence-corrected chi connectivity index (χ1v) is 6.37. The molecule has 3 aromatic rings. The molecule has 0 saturated heterocycles. The van der Waals surface area contributed by atoms with Gasteiger partial charge in [-0.25, -0.2) is 4.79 Å². The van der Waals surface area contributed by atoms with Crippen molar-refractivity contribution in [3.63, 3.8) is 0 Å². The monoisotopic (exact) mass is 266 g/mol. The van der Waals surface area contributed by atoms with Gasteiger partial charge in [0.15, 0.2) is 0 Å². The first-order valence-electron chi connectivity index (χ1n) is 6.37. The number of benzene rings is 1. The van der Waals surface area contributed by atoms with Crippen molar-refractivity contribution in [2.45, 2.75) is 6.61 Å². The third kappa shape index (κ3) is 2.28. The van der Waals surface area contributed by atoms with Gasteiger partial charge in [-0.15, -0.1) is 0 Å². The number of hydrogen-bond acceptors (Lipinski definition) is 3. The number of aryl methyl sites for hydroxylation is 1. The number of carbonyl (C=O) groups excluding carboxylic acids is 1. The molecule has 0 atom stereocenters. The third-order valence-corrected chi connectivity index (χ3v) is 3.24. The quantitative estimate of drug-likeness (QED) is 0.685. The van der Waals surface area contributed by atoms with Gasteiger partial charge in [0.2, 0.25) is 0 Å². The lowest BCUT2D eigenvalue weighted by atomic mass is 10.2. The van der Waals surface area contributed by atoms with Gasteiger partial charge in [0, 0.05) is 24.1 Å². The predicted molar refractivity (Wildman–Crippen MR) is 76.3 cm³/mol. The van der Waals surface area contributed by atoms with Gasteiger partial charge < -0.3 is 9.30 Å². The number of nitrogens with zero attached hydrogens (tertiary/aromatic N) is 2. The first kappa shape index (κ1) is 12.4. The van der Waals surface area contributed by atoms with E-state index in [-0.39, 0.29) is 12.6 Å². The minimum Gasteiger partial charge on any atom is -0.455 e. The van der Waals surface area contributed by atoms with Crippen molar-refractivity contribution in [3.8, 4) is 0 Å². The maximum absolute atomic E-state index is 12.1. The molecule has 100 valence electrons. The zero-order valence-corrected chi connectivity index (χ0v) is 11.1.